The second-order valence-corrected chi connectivity index (χ2v) is 6.79. The van der Waals surface area contributed by atoms with Crippen LogP contribution in [0.25, 0.3) is 0 Å². The van der Waals surface area contributed by atoms with Crippen molar-refractivity contribution in [3.8, 4) is 5.75 Å². The molecule has 1 aromatic rings. The molecular weight excluding hydrogens is 322 g/mol. The topological polar surface area (TPSA) is 68.2 Å². The molecule has 0 amide bonds. The first-order chi connectivity index (χ1) is 12.1. The van der Waals surface area contributed by atoms with E-state index >= 15 is 0 Å². The van der Waals surface area contributed by atoms with E-state index in [4.69, 9.17) is 14.2 Å². The van der Waals surface area contributed by atoms with Gasteiger partial charge in [0.1, 0.15) is 18.5 Å². The van der Waals surface area contributed by atoms with Crippen LogP contribution in [0.3, 0.4) is 0 Å². The number of aliphatic hydroxyl groups excluding tert-OH is 1. The molecule has 0 radical (unpaired) electrons. The monoisotopic (exact) mass is 349 g/mol. The molecule has 2 fully saturated rings. The summed E-state index contributed by atoms with van der Waals surface area (Å²) in [7, 11) is 0. The highest BCUT2D eigenvalue weighted by Crippen LogP contribution is 2.25. The standard InChI is InChI=1S/C19H27NO5/c1-14(21)15-2-4-18(5-3-15)25-13-17(22)12-20-8-6-16(7-9-20)19-23-10-11-24-19/h2-5,16-17,19,22H,6-13H2,1H3. The van der Waals surface area contributed by atoms with E-state index in [0.29, 0.717) is 37.0 Å². The van der Waals surface area contributed by atoms with E-state index in [9.17, 15) is 9.90 Å². The highest BCUT2D eigenvalue weighted by molar-refractivity contribution is 5.94. The first-order valence-corrected chi connectivity index (χ1v) is 8.99. The molecule has 0 bridgehead atoms. The molecule has 3 rings (SSSR count). The second kappa shape index (κ2) is 8.76. The molecule has 0 aromatic heterocycles. The number of carbonyl (C=O) groups is 1. The third-order valence-electron chi connectivity index (χ3n) is 4.84. The number of hydrogen-bond acceptors (Lipinski definition) is 6. The Bertz CT molecular complexity index is 547. The Morgan fingerprint density at radius 2 is 1.88 bits per heavy atom. The molecule has 6 nitrogen and oxygen atoms in total. The SMILES string of the molecule is CC(=O)c1ccc(OCC(O)CN2CCC(C3OCCO3)CC2)cc1. The molecule has 6 heteroatoms. The smallest absolute Gasteiger partial charge is 0.160 e. The fourth-order valence-electron chi connectivity index (χ4n) is 3.39. The number of piperidine rings is 1. The van der Waals surface area contributed by atoms with E-state index in [1.165, 1.54) is 6.92 Å². The lowest BCUT2D eigenvalue weighted by Gasteiger charge is -2.34. The zero-order valence-corrected chi connectivity index (χ0v) is 14.7. The molecule has 25 heavy (non-hydrogen) atoms. The van der Waals surface area contributed by atoms with Crippen molar-refractivity contribution in [1.82, 2.24) is 4.90 Å². The van der Waals surface area contributed by atoms with E-state index in [2.05, 4.69) is 4.90 Å². The molecular formula is C19H27NO5. The molecule has 2 heterocycles. The minimum atomic E-state index is -0.539. The zero-order valence-electron chi connectivity index (χ0n) is 14.7. The molecule has 1 atom stereocenters. The van der Waals surface area contributed by atoms with Crippen LogP contribution >= 0.6 is 0 Å². The van der Waals surface area contributed by atoms with E-state index in [1.54, 1.807) is 24.3 Å². The molecule has 1 aromatic carbocycles. The predicted molar refractivity (Wildman–Crippen MR) is 92.8 cm³/mol. The Morgan fingerprint density at radius 1 is 1.24 bits per heavy atom. The summed E-state index contributed by atoms with van der Waals surface area (Å²) in [4.78, 5) is 13.5. The number of ether oxygens (including phenoxy) is 3. The van der Waals surface area contributed by atoms with Crippen molar-refractivity contribution in [3.05, 3.63) is 29.8 Å². The molecule has 138 valence electrons. The number of likely N-dealkylation sites (tertiary alicyclic amines) is 1. The number of Topliss-reactive ketones (excluding diaryl/α,β-unsaturated/α-hetero) is 1. The highest BCUT2D eigenvalue weighted by atomic mass is 16.7. The largest absolute Gasteiger partial charge is 0.491 e. The first-order valence-electron chi connectivity index (χ1n) is 8.99. The van der Waals surface area contributed by atoms with Crippen molar-refractivity contribution in [2.75, 3.05) is 39.5 Å². The van der Waals surface area contributed by atoms with Crippen molar-refractivity contribution in [2.24, 2.45) is 5.92 Å². The Kier molecular flexibility index (Phi) is 6.42. The summed E-state index contributed by atoms with van der Waals surface area (Å²) < 4.78 is 16.8. The lowest BCUT2D eigenvalue weighted by Crippen LogP contribution is -2.42. The van der Waals surface area contributed by atoms with Gasteiger partial charge in [-0.3, -0.25) is 4.79 Å². The van der Waals surface area contributed by atoms with Crippen molar-refractivity contribution >= 4 is 5.78 Å². The number of rotatable bonds is 7. The second-order valence-electron chi connectivity index (χ2n) is 6.79. The highest BCUT2D eigenvalue weighted by Gasteiger charge is 2.30. The van der Waals surface area contributed by atoms with E-state index < -0.39 is 6.10 Å². The maximum atomic E-state index is 11.2. The molecule has 1 N–H and O–H groups in total. The zero-order chi connectivity index (χ0) is 17.6. The average Bonchev–Trinajstić information content (AvgIpc) is 3.15. The lowest BCUT2D eigenvalue weighted by molar-refractivity contribution is -0.0989. The summed E-state index contributed by atoms with van der Waals surface area (Å²) in [6.45, 7) is 5.67. The van der Waals surface area contributed by atoms with E-state index in [0.717, 1.165) is 25.9 Å². The molecule has 2 aliphatic heterocycles. The molecule has 0 saturated carbocycles. The van der Waals surface area contributed by atoms with Gasteiger partial charge >= 0.3 is 0 Å². The van der Waals surface area contributed by atoms with Gasteiger partial charge in [-0.2, -0.15) is 0 Å². The van der Waals surface area contributed by atoms with Gasteiger partial charge < -0.3 is 24.2 Å². The number of β-amino-alcohol motifs (C(OH)–C–C–N with tert-alkyl or cyclic N) is 1. The third kappa shape index (κ3) is 5.25. The average molecular weight is 349 g/mol. The fourth-order valence-corrected chi connectivity index (χ4v) is 3.39. The van der Waals surface area contributed by atoms with Crippen LogP contribution in [0, 0.1) is 5.92 Å². The fraction of sp³-hybridized carbons (Fsp3) is 0.632. The van der Waals surface area contributed by atoms with Gasteiger partial charge in [-0.05, 0) is 57.1 Å². The maximum absolute atomic E-state index is 11.2. The third-order valence-corrected chi connectivity index (χ3v) is 4.84. The van der Waals surface area contributed by atoms with E-state index in [1.807, 2.05) is 0 Å². The molecule has 1 unspecified atom stereocenters. The Morgan fingerprint density at radius 3 is 2.48 bits per heavy atom. The number of nitrogens with zero attached hydrogens (tertiary/aromatic N) is 1. The van der Waals surface area contributed by atoms with Gasteiger partial charge in [-0.25, -0.2) is 0 Å². The van der Waals surface area contributed by atoms with Gasteiger partial charge in [0.25, 0.3) is 0 Å². The van der Waals surface area contributed by atoms with Crippen LogP contribution < -0.4 is 4.74 Å². The van der Waals surface area contributed by atoms with Crippen molar-refractivity contribution in [3.63, 3.8) is 0 Å². The van der Waals surface area contributed by atoms with Crippen molar-refractivity contribution in [1.29, 1.82) is 0 Å². The normalized spacial score (nSPS) is 21.4. The van der Waals surface area contributed by atoms with Crippen LogP contribution in [-0.4, -0.2) is 67.6 Å². The summed E-state index contributed by atoms with van der Waals surface area (Å²) in [5, 5.41) is 10.2. The number of ketones is 1. The van der Waals surface area contributed by atoms with Crippen LogP contribution in [0.1, 0.15) is 30.1 Å². The Hall–Kier alpha value is -1.47. The molecule has 0 spiro atoms. The van der Waals surface area contributed by atoms with Crippen LogP contribution in [0.2, 0.25) is 0 Å². The minimum Gasteiger partial charge on any atom is -0.491 e. The Balaban J connectivity index is 1.36. The van der Waals surface area contributed by atoms with Crippen LogP contribution in [0.15, 0.2) is 24.3 Å². The van der Waals surface area contributed by atoms with Gasteiger partial charge in [-0.15, -0.1) is 0 Å². The van der Waals surface area contributed by atoms with Crippen LogP contribution in [-0.2, 0) is 9.47 Å². The first kappa shape index (κ1) is 18.3. The summed E-state index contributed by atoms with van der Waals surface area (Å²) in [5.41, 5.74) is 0.658. The number of carbonyl (C=O) groups excluding carboxylic acids is 1. The lowest BCUT2D eigenvalue weighted by atomic mass is 9.96. The van der Waals surface area contributed by atoms with Gasteiger partial charge in [0, 0.05) is 18.0 Å². The number of benzene rings is 1. The minimum absolute atomic E-state index is 0.0309. The summed E-state index contributed by atoms with van der Waals surface area (Å²) in [6.07, 6.45) is 1.49. The van der Waals surface area contributed by atoms with E-state index in [-0.39, 0.29) is 18.7 Å². The van der Waals surface area contributed by atoms with Crippen molar-refractivity contribution in [2.45, 2.75) is 32.2 Å². The van der Waals surface area contributed by atoms with Gasteiger partial charge in [0.2, 0.25) is 0 Å². The summed E-state index contributed by atoms with van der Waals surface area (Å²) in [5.74, 6) is 1.16. The summed E-state index contributed by atoms with van der Waals surface area (Å²) in [6, 6.07) is 7.00. The maximum Gasteiger partial charge on any atom is 0.160 e. The van der Waals surface area contributed by atoms with Gasteiger partial charge in [-0.1, -0.05) is 0 Å². The number of aliphatic hydroxyl groups is 1. The predicted octanol–water partition coefficient (Wildman–Crippen LogP) is 1.71. The quantitative estimate of drug-likeness (QED) is 0.756. The van der Waals surface area contributed by atoms with Crippen LogP contribution in [0.5, 0.6) is 5.75 Å². The molecule has 2 saturated heterocycles. The van der Waals surface area contributed by atoms with Crippen LogP contribution in [0.4, 0.5) is 0 Å². The number of hydrogen-bond donors (Lipinski definition) is 1. The Labute approximate surface area is 148 Å². The molecule has 0 aliphatic carbocycles. The van der Waals surface area contributed by atoms with Crippen molar-refractivity contribution < 1.29 is 24.1 Å². The molecule has 2 aliphatic rings. The van der Waals surface area contributed by atoms with Gasteiger partial charge in [0.15, 0.2) is 12.1 Å². The summed E-state index contributed by atoms with van der Waals surface area (Å²) >= 11 is 0. The van der Waals surface area contributed by atoms with Gasteiger partial charge in [0.05, 0.1) is 13.2 Å².